The number of carbonyl (C=O) groups excluding carboxylic acids is 1. The van der Waals surface area contributed by atoms with Crippen molar-refractivity contribution in [2.75, 3.05) is 0 Å². The van der Waals surface area contributed by atoms with Crippen LogP contribution in [0.3, 0.4) is 0 Å². The summed E-state index contributed by atoms with van der Waals surface area (Å²) in [5.74, 6) is -0.463. The van der Waals surface area contributed by atoms with E-state index in [1.807, 2.05) is 0 Å². The molecule has 0 radical (unpaired) electrons. The molecule has 0 amide bonds. The summed E-state index contributed by atoms with van der Waals surface area (Å²) in [5.41, 5.74) is 0. The number of esters is 1. The van der Waals surface area contributed by atoms with E-state index >= 15 is 0 Å². The fourth-order valence-corrected chi connectivity index (χ4v) is 0.263. The molecule has 9 heavy (non-hydrogen) atoms. The molecule has 52 valence electrons. The Labute approximate surface area is 78.9 Å². The normalized spacial score (nSPS) is 7.00. The zero-order valence-corrected chi connectivity index (χ0v) is 10.4. The van der Waals surface area contributed by atoms with Gasteiger partial charge < -0.3 is 4.74 Å². The zero-order chi connectivity index (χ0) is 5.86. The summed E-state index contributed by atoms with van der Waals surface area (Å²) >= 11 is 0. The third-order valence-corrected chi connectivity index (χ3v) is 0.367. The molecule has 0 bridgehead atoms. The predicted octanol–water partition coefficient (Wildman–Crippen LogP) is 1.35. The fourth-order valence-electron chi connectivity index (χ4n) is 0.263. The van der Waals surface area contributed by atoms with Gasteiger partial charge in [-0.1, -0.05) is 0 Å². The molecule has 0 rings (SSSR count). The first kappa shape index (κ1) is 16.2. The van der Waals surface area contributed by atoms with Crippen molar-refractivity contribution in [2.45, 2.75) is 20.0 Å². The zero-order valence-electron chi connectivity index (χ0n) is 5.72. The van der Waals surface area contributed by atoms with Crippen LogP contribution in [0.5, 0.6) is 0 Å². The van der Waals surface area contributed by atoms with E-state index in [-0.39, 0.29) is 42.6 Å². The Morgan fingerprint density at radius 1 is 1.56 bits per heavy atom. The molecule has 4 heteroatoms. The average Bonchev–Trinajstić information content (AvgIpc) is 1.27. The minimum atomic E-state index is -0.463. The van der Waals surface area contributed by atoms with Gasteiger partial charge in [0, 0.05) is 19.5 Å². The quantitative estimate of drug-likeness (QED) is 0.397. The standard InChI is InChI=1S/C5H9O2.BrH.Zn/c1-4(2)7-5(3)6;;/h4H,3H2,1-2H3;1H;/q-1;;. The first-order valence-electron chi connectivity index (χ1n) is 2.15. The van der Waals surface area contributed by atoms with Gasteiger partial charge in [0.1, 0.15) is 0 Å². The van der Waals surface area contributed by atoms with E-state index in [2.05, 4.69) is 11.7 Å². The number of hydrogen-bond acceptors (Lipinski definition) is 2. The van der Waals surface area contributed by atoms with E-state index in [4.69, 9.17) is 0 Å². The number of rotatable bonds is 1. The molecule has 0 aliphatic heterocycles. The molecule has 0 N–H and O–H groups in total. The molecule has 0 aliphatic carbocycles. The van der Waals surface area contributed by atoms with Crippen LogP contribution in [0, 0.1) is 6.92 Å². The van der Waals surface area contributed by atoms with Crippen LogP contribution in [-0.4, -0.2) is 12.1 Å². The van der Waals surface area contributed by atoms with Gasteiger partial charge in [-0.25, -0.2) is 0 Å². The summed E-state index contributed by atoms with van der Waals surface area (Å²) in [5, 5.41) is 0. The second kappa shape index (κ2) is 8.44. The smallest absolute Gasteiger partial charge is 0.164 e. The number of halogens is 1. The van der Waals surface area contributed by atoms with Gasteiger partial charge in [-0.15, -0.1) is 17.0 Å². The molecule has 0 aromatic heterocycles. The summed E-state index contributed by atoms with van der Waals surface area (Å²) in [6.45, 7) is 6.58. The minimum Gasteiger partial charge on any atom is -0.486 e. The molecule has 2 nitrogen and oxygen atoms in total. The maximum atomic E-state index is 9.92. The SMILES string of the molecule is Br.[CH2-]C(=O)OC(C)C.[Zn]. The van der Waals surface area contributed by atoms with Gasteiger partial charge in [0.15, 0.2) is 5.97 Å². The van der Waals surface area contributed by atoms with Crippen LogP contribution in [0.4, 0.5) is 0 Å². The molecule has 0 atom stereocenters. The number of hydrogen-bond donors (Lipinski definition) is 0. The largest absolute Gasteiger partial charge is 0.486 e. The number of carbonyl (C=O) groups is 1. The summed E-state index contributed by atoms with van der Waals surface area (Å²) in [6, 6.07) is 0. The van der Waals surface area contributed by atoms with Crippen molar-refractivity contribution >= 4 is 23.0 Å². The summed E-state index contributed by atoms with van der Waals surface area (Å²) < 4.78 is 4.50. The van der Waals surface area contributed by atoms with Crippen molar-refractivity contribution < 1.29 is 29.0 Å². The van der Waals surface area contributed by atoms with Gasteiger partial charge in [0.2, 0.25) is 0 Å². The van der Waals surface area contributed by atoms with E-state index in [0.29, 0.717) is 0 Å². The Hall–Kier alpha value is 0.443. The molecular formula is C5H10BrO2Zn-. The van der Waals surface area contributed by atoms with Crippen molar-refractivity contribution in [3.05, 3.63) is 6.92 Å². The van der Waals surface area contributed by atoms with Crippen LogP contribution >= 0.6 is 17.0 Å². The molecule has 0 aromatic carbocycles. The second-order valence-corrected chi connectivity index (χ2v) is 1.54. The number of ether oxygens (including phenoxy) is 1. The predicted molar refractivity (Wildman–Crippen MR) is 36.9 cm³/mol. The Kier molecular flexibility index (Phi) is 15.2. The monoisotopic (exact) mass is 245 g/mol. The summed E-state index contributed by atoms with van der Waals surface area (Å²) in [4.78, 5) is 9.92. The van der Waals surface area contributed by atoms with Crippen LogP contribution in [0.1, 0.15) is 13.8 Å². The van der Waals surface area contributed by atoms with Crippen LogP contribution in [0.25, 0.3) is 0 Å². The van der Waals surface area contributed by atoms with Gasteiger partial charge >= 0.3 is 0 Å². The van der Waals surface area contributed by atoms with Crippen LogP contribution in [-0.2, 0) is 29.0 Å². The Bertz CT molecular complexity index is 75.4. The summed E-state index contributed by atoms with van der Waals surface area (Å²) in [7, 11) is 0. The van der Waals surface area contributed by atoms with Crippen molar-refractivity contribution in [2.24, 2.45) is 0 Å². The van der Waals surface area contributed by atoms with Crippen molar-refractivity contribution in [1.82, 2.24) is 0 Å². The molecule has 0 fully saturated rings. The third kappa shape index (κ3) is 17.8. The summed E-state index contributed by atoms with van der Waals surface area (Å²) in [6.07, 6.45) is -0.0370. The van der Waals surface area contributed by atoms with Crippen molar-refractivity contribution in [1.29, 1.82) is 0 Å². The third-order valence-electron chi connectivity index (χ3n) is 0.367. The van der Waals surface area contributed by atoms with Crippen LogP contribution in [0.2, 0.25) is 0 Å². The molecule has 0 saturated carbocycles. The molecule has 0 saturated heterocycles. The van der Waals surface area contributed by atoms with Gasteiger partial charge in [-0.3, -0.25) is 11.7 Å². The van der Waals surface area contributed by atoms with E-state index in [1.54, 1.807) is 13.8 Å². The first-order chi connectivity index (χ1) is 3.13. The van der Waals surface area contributed by atoms with E-state index < -0.39 is 5.97 Å². The molecular weight excluding hydrogens is 237 g/mol. The van der Waals surface area contributed by atoms with Crippen molar-refractivity contribution in [3.8, 4) is 0 Å². The topological polar surface area (TPSA) is 26.3 Å². The van der Waals surface area contributed by atoms with Crippen molar-refractivity contribution in [3.63, 3.8) is 0 Å². The first-order valence-corrected chi connectivity index (χ1v) is 2.15. The van der Waals surface area contributed by atoms with E-state index in [0.717, 1.165) is 0 Å². The van der Waals surface area contributed by atoms with Crippen LogP contribution in [0.15, 0.2) is 0 Å². The van der Waals surface area contributed by atoms with Gasteiger partial charge in [-0.05, 0) is 13.8 Å². The molecule has 0 spiro atoms. The Morgan fingerprint density at radius 3 is 1.89 bits per heavy atom. The maximum absolute atomic E-state index is 9.92. The van der Waals surface area contributed by atoms with E-state index in [1.165, 1.54) is 0 Å². The van der Waals surface area contributed by atoms with Gasteiger partial charge in [-0.2, -0.15) is 0 Å². The van der Waals surface area contributed by atoms with Gasteiger partial charge in [0.25, 0.3) is 0 Å². The molecule has 0 unspecified atom stereocenters. The Balaban J connectivity index is -0.000000180. The Morgan fingerprint density at radius 2 is 1.89 bits per heavy atom. The fraction of sp³-hybridized carbons (Fsp3) is 0.600. The second-order valence-electron chi connectivity index (χ2n) is 1.54. The average molecular weight is 247 g/mol. The minimum absolute atomic E-state index is 0. The van der Waals surface area contributed by atoms with Crippen LogP contribution < -0.4 is 0 Å². The maximum Gasteiger partial charge on any atom is 0.164 e. The molecule has 0 aromatic rings. The van der Waals surface area contributed by atoms with Gasteiger partial charge in [0.05, 0.1) is 6.10 Å². The van der Waals surface area contributed by atoms with E-state index in [9.17, 15) is 4.79 Å². The molecule has 0 heterocycles. The molecule has 0 aliphatic rings.